The van der Waals surface area contributed by atoms with Gasteiger partial charge in [-0.2, -0.15) is 0 Å². The monoisotopic (exact) mass is 326 g/mol. The largest absolute Gasteiger partial charge is 0.0720 e. The quantitative estimate of drug-likeness (QED) is 0.617. The van der Waals surface area contributed by atoms with Gasteiger partial charge in [-0.1, -0.05) is 51.8 Å². The molecule has 0 spiro atoms. The Labute approximate surface area is 129 Å². The lowest BCUT2D eigenvalue weighted by Crippen LogP contribution is -2.03. The third-order valence-corrected chi connectivity index (χ3v) is 5.18. The molecule has 1 heteroatoms. The van der Waals surface area contributed by atoms with E-state index in [4.69, 9.17) is 0 Å². The lowest BCUT2D eigenvalue weighted by Gasteiger charge is -2.19. The Hall–Kier alpha value is -1.34. The molecule has 1 unspecified atom stereocenters. The first-order valence-corrected chi connectivity index (χ1v) is 7.83. The second-order valence-corrected chi connectivity index (χ2v) is 6.68. The molecule has 0 fully saturated rings. The van der Waals surface area contributed by atoms with Crippen LogP contribution in [0.1, 0.15) is 44.9 Å². The lowest BCUT2D eigenvalue weighted by molar-refractivity contribution is 1.00. The number of fused-ring (bicyclic) bond motifs is 1. The number of hydrogen-bond donors (Lipinski definition) is 0. The average molecular weight is 327 g/mol. The van der Waals surface area contributed by atoms with Crippen LogP contribution in [0.15, 0.2) is 34.8 Å². The predicted octanol–water partition coefficient (Wildman–Crippen LogP) is 5.84. The zero-order chi connectivity index (χ0) is 14.4. The fraction of sp³-hybridized carbons (Fsp3) is 0.263. The molecule has 0 aromatic heterocycles. The van der Waals surface area contributed by atoms with Crippen molar-refractivity contribution in [3.8, 4) is 0 Å². The van der Waals surface area contributed by atoms with Gasteiger partial charge in [-0.25, -0.2) is 0 Å². The molecule has 0 amide bonds. The second-order valence-electron chi connectivity index (χ2n) is 5.82. The van der Waals surface area contributed by atoms with E-state index in [1.165, 1.54) is 43.4 Å². The summed E-state index contributed by atoms with van der Waals surface area (Å²) in [6, 6.07) is 9.02. The first kappa shape index (κ1) is 13.6. The van der Waals surface area contributed by atoms with Gasteiger partial charge >= 0.3 is 0 Å². The van der Waals surface area contributed by atoms with Crippen LogP contribution in [-0.4, -0.2) is 0 Å². The maximum Gasteiger partial charge on any atom is 0.0284 e. The van der Waals surface area contributed by atoms with Crippen molar-refractivity contribution in [3.05, 3.63) is 73.8 Å². The minimum atomic E-state index is 0.400. The van der Waals surface area contributed by atoms with Crippen LogP contribution in [0.5, 0.6) is 0 Å². The van der Waals surface area contributed by atoms with Crippen LogP contribution in [0.2, 0.25) is 0 Å². The van der Waals surface area contributed by atoms with Crippen molar-refractivity contribution in [1.29, 1.82) is 0 Å². The highest BCUT2D eigenvalue weighted by Gasteiger charge is 2.23. The van der Waals surface area contributed by atoms with E-state index in [1.807, 2.05) is 0 Å². The average Bonchev–Trinajstić information content (AvgIpc) is 2.77. The summed E-state index contributed by atoms with van der Waals surface area (Å²) in [6.45, 7) is 8.81. The van der Waals surface area contributed by atoms with Crippen molar-refractivity contribution in [2.24, 2.45) is 0 Å². The van der Waals surface area contributed by atoms with E-state index in [-0.39, 0.29) is 0 Å². The summed E-state index contributed by atoms with van der Waals surface area (Å²) in [6.07, 6.45) is 4.62. The summed E-state index contributed by atoms with van der Waals surface area (Å²) in [5, 5.41) is 0. The molecule has 102 valence electrons. The van der Waals surface area contributed by atoms with Gasteiger partial charge in [0, 0.05) is 10.4 Å². The Morgan fingerprint density at radius 2 is 1.60 bits per heavy atom. The van der Waals surface area contributed by atoms with Crippen LogP contribution in [0.3, 0.4) is 0 Å². The van der Waals surface area contributed by atoms with Gasteiger partial charge in [0.2, 0.25) is 0 Å². The molecule has 0 heterocycles. The highest BCUT2D eigenvalue weighted by molar-refractivity contribution is 9.10. The summed E-state index contributed by atoms with van der Waals surface area (Å²) < 4.78 is 1.19. The van der Waals surface area contributed by atoms with Gasteiger partial charge in [0.25, 0.3) is 0 Å². The molecule has 20 heavy (non-hydrogen) atoms. The normalized spacial score (nSPS) is 16.6. The molecule has 0 aliphatic heterocycles. The number of rotatable bonds is 1. The van der Waals surface area contributed by atoms with E-state index >= 15 is 0 Å². The van der Waals surface area contributed by atoms with Gasteiger partial charge in [0.15, 0.2) is 0 Å². The number of halogens is 1. The number of allylic oxidation sites excluding steroid dienone is 1. The van der Waals surface area contributed by atoms with E-state index in [0.717, 1.165) is 0 Å². The predicted molar refractivity (Wildman–Crippen MR) is 90.4 cm³/mol. The molecule has 0 radical (unpaired) electrons. The first-order valence-electron chi connectivity index (χ1n) is 7.04. The smallest absolute Gasteiger partial charge is 0.0284 e. The van der Waals surface area contributed by atoms with Crippen LogP contribution in [0, 0.1) is 27.7 Å². The zero-order valence-electron chi connectivity index (χ0n) is 12.4. The molecule has 2 aromatic rings. The summed E-state index contributed by atoms with van der Waals surface area (Å²) in [4.78, 5) is 0. The third kappa shape index (κ3) is 2.05. The van der Waals surface area contributed by atoms with Crippen LogP contribution in [-0.2, 0) is 0 Å². The van der Waals surface area contributed by atoms with Gasteiger partial charge in [-0.3, -0.25) is 0 Å². The summed E-state index contributed by atoms with van der Waals surface area (Å²) in [5.74, 6) is 0.400. The van der Waals surface area contributed by atoms with Gasteiger partial charge in [0.1, 0.15) is 0 Å². The molecule has 0 saturated heterocycles. The van der Waals surface area contributed by atoms with E-state index in [0.29, 0.717) is 5.92 Å². The Morgan fingerprint density at radius 1 is 0.950 bits per heavy atom. The van der Waals surface area contributed by atoms with E-state index in [1.54, 1.807) is 0 Å². The molecule has 1 aliphatic rings. The second kappa shape index (κ2) is 4.89. The van der Waals surface area contributed by atoms with Crippen LogP contribution in [0.4, 0.5) is 0 Å². The Bertz CT molecular complexity index is 700. The van der Waals surface area contributed by atoms with Gasteiger partial charge in [0.05, 0.1) is 0 Å². The Morgan fingerprint density at radius 3 is 2.25 bits per heavy atom. The molecular weight excluding hydrogens is 308 g/mol. The molecule has 2 aromatic carbocycles. The van der Waals surface area contributed by atoms with Crippen molar-refractivity contribution in [2.45, 2.75) is 33.6 Å². The van der Waals surface area contributed by atoms with Crippen molar-refractivity contribution in [3.63, 3.8) is 0 Å². The van der Waals surface area contributed by atoms with E-state index in [9.17, 15) is 0 Å². The van der Waals surface area contributed by atoms with Gasteiger partial charge in [-0.05, 0) is 67.1 Å². The molecule has 0 saturated carbocycles. The van der Waals surface area contributed by atoms with Crippen LogP contribution < -0.4 is 0 Å². The van der Waals surface area contributed by atoms with Gasteiger partial charge in [-0.15, -0.1) is 0 Å². The van der Waals surface area contributed by atoms with Gasteiger partial charge < -0.3 is 0 Å². The first-order chi connectivity index (χ1) is 9.49. The fourth-order valence-corrected chi connectivity index (χ4v) is 3.79. The maximum atomic E-state index is 3.63. The van der Waals surface area contributed by atoms with Crippen LogP contribution in [0.25, 0.3) is 6.08 Å². The minimum Gasteiger partial charge on any atom is -0.0720 e. The summed E-state index contributed by atoms with van der Waals surface area (Å²) in [5.41, 5.74) is 9.74. The molecule has 0 N–H and O–H groups in total. The standard InChI is InChI=1S/C19H19Br/c1-11-9-12(2)19(13(3)10-11)17-6-5-15-14(4)18(20)8-7-16(15)17/h5-10,17H,1-4H3. The Balaban J connectivity index is 2.18. The molecular formula is C19H19Br. The zero-order valence-corrected chi connectivity index (χ0v) is 14.0. The molecule has 1 aliphatic carbocycles. The number of aryl methyl sites for hydroxylation is 3. The van der Waals surface area contributed by atoms with E-state index in [2.05, 4.69) is 80.0 Å². The highest BCUT2D eigenvalue weighted by Crippen LogP contribution is 2.41. The number of hydrogen-bond acceptors (Lipinski definition) is 0. The van der Waals surface area contributed by atoms with Crippen LogP contribution >= 0.6 is 15.9 Å². The molecule has 3 rings (SSSR count). The molecule has 0 nitrogen and oxygen atoms in total. The van der Waals surface area contributed by atoms with E-state index < -0.39 is 0 Å². The lowest BCUT2D eigenvalue weighted by atomic mass is 9.85. The SMILES string of the molecule is Cc1cc(C)c(C2C=Cc3c2ccc(Br)c3C)c(C)c1. The summed E-state index contributed by atoms with van der Waals surface area (Å²) >= 11 is 3.63. The maximum absolute atomic E-state index is 3.63. The van der Waals surface area contributed by atoms with Crippen molar-refractivity contribution in [1.82, 2.24) is 0 Å². The highest BCUT2D eigenvalue weighted by atomic mass is 79.9. The van der Waals surface area contributed by atoms with Crippen molar-refractivity contribution >= 4 is 22.0 Å². The Kier molecular flexibility index (Phi) is 3.33. The minimum absolute atomic E-state index is 0.400. The number of benzene rings is 2. The summed E-state index contributed by atoms with van der Waals surface area (Å²) in [7, 11) is 0. The molecule has 1 atom stereocenters. The van der Waals surface area contributed by atoms with Crippen molar-refractivity contribution < 1.29 is 0 Å². The fourth-order valence-electron chi connectivity index (χ4n) is 3.44. The van der Waals surface area contributed by atoms with Crippen molar-refractivity contribution in [2.75, 3.05) is 0 Å². The third-order valence-electron chi connectivity index (χ3n) is 4.32. The molecule has 0 bridgehead atoms. The topological polar surface area (TPSA) is 0 Å².